The van der Waals surface area contributed by atoms with Crippen molar-refractivity contribution in [2.45, 2.75) is 6.42 Å². The van der Waals surface area contributed by atoms with Crippen LogP contribution in [0.3, 0.4) is 0 Å². The normalized spacial score (nSPS) is 9.56. The maximum Gasteiger partial charge on any atom is 0.255 e. The van der Waals surface area contributed by atoms with E-state index in [9.17, 15) is 4.79 Å². The Morgan fingerprint density at radius 1 is 1.69 bits per heavy atom. The molecular formula is C10H13N3O2S. The number of amides is 1. The van der Waals surface area contributed by atoms with Gasteiger partial charge in [0.2, 0.25) is 0 Å². The molecule has 16 heavy (non-hydrogen) atoms. The molecule has 1 aromatic rings. The predicted molar refractivity (Wildman–Crippen MR) is 64.5 cm³/mol. The van der Waals surface area contributed by atoms with E-state index in [4.69, 9.17) is 22.7 Å². The van der Waals surface area contributed by atoms with Gasteiger partial charge in [0.15, 0.2) is 0 Å². The van der Waals surface area contributed by atoms with Crippen molar-refractivity contribution in [1.29, 1.82) is 0 Å². The highest BCUT2D eigenvalue weighted by atomic mass is 32.1. The number of aromatic nitrogens is 1. The highest BCUT2D eigenvalue weighted by molar-refractivity contribution is 7.80. The summed E-state index contributed by atoms with van der Waals surface area (Å²) in [7, 11) is 1.49. The van der Waals surface area contributed by atoms with Crippen molar-refractivity contribution in [2.75, 3.05) is 13.7 Å². The lowest BCUT2D eigenvalue weighted by Crippen LogP contribution is -2.27. The van der Waals surface area contributed by atoms with E-state index in [0.29, 0.717) is 29.3 Å². The fourth-order valence-electron chi connectivity index (χ4n) is 1.12. The van der Waals surface area contributed by atoms with E-state index in [1.165, 1.54) is 19.5 Å². The fraction of sp³-hybridized carbons (Fsp3) is 0.300. The molecule has 0 aromatic carbocycles. The summed E-state index contributed by atoms with van der Waals surface area (Å²) in [6.07, 6.45) is 3.50. The smallest absolute Gasteiger partial charge is 0.255 e. The molecule has 0 spiro atoms. The Morgan fingerprint density at radius 2 is 2.44 bits per heavy atom. The fourth-order valence-corrected chi connectivity index (χ4v) is 1.23. The molecule has 0 fully saturated rings. The average Bonchev–Trinajstić information content (AvgIpc) is 2.28. The van der Waals surface area contributed by atoms with Crippen LogP contribution in [0.25, 0.3) is 0 Å². The molecule has 0 radical (unpaired) electrons. The van der Waals surface area contributed by atoms with Gasteiger partial charge in [-0.05, 0) is 6.07 Å². The van der Waals surface area contributed by atoms with Crippen LogP contribution in [-0.2, 0) is 0 Å². The summed E-state index contributed by atoms with van der Waals surface area (Å²) in [6.45, 7) is 0.416. The van der Waals surface area contributed by atoms with E-state index in [0.717, 1.165) is 0 Å². The standard InChI is InChI=1S/C10H13N3O2S/c1-15-8-6-12-4-2-7(8)10(14)13-5-3-9(11)16/h2,4,6H,3,5H2,1H3,(H2,11,16)(H,13,14). The van der Waals surface area contributed by atoms with Gasteiger partial charge in [-0.25, -0.2) is 0 Å². The molecule has 0 saturated carbocycles. The number of hydrogen-bond donors (Lipinski definition) is 2. The number of hydrogen-bond acceptors (Lipinski definition) is 4. The van der Waals surface area contributed by atoms with Crippen molar-refractivity contribution in [2.24, 2.45) is 5.73 Å². The lowest BCUT2D eigenvalue weighted by molar-refractivity contribution is 0.0951. The predicted octanol–water partition coefficient (Wildman–Crippen LogP) is 0.496. The molecule has 5 nitrogen and oxygen atoms in total. The summed E-state index contributed by atoms with van der Waals surface area (Å²) in [6, 6.07) is 1.59. The number of carbonyl (C=O) groups is 1. The van der Waals surface area contributed by atoms with Crippen LogP contribution in [0.1, 0.15) is 16.8 Å². The SMILES string of the molecule is COc1cnccc1C(=O)NCCC(N)=S. The quantitative estimate of drug-likeness (QED) is 0.731. The van der Waals surface area contributed by atoms with Crippen molar-refractivity contribution in [3.8, 4) is 5.75 Å². The number of nitrogens with two attached hydrogens (primary N) is 1. The molecule has 0 atom stereocenters. The van der Waals surface area contributed by atoms with Crippen molar-refractivity contribution < 1.29 is 9.53 Å². The third kappa shape index (κ3) is 3.47. The zero-order valence-electron chi connectivity index (χ0n) is 8.90. The maximum absolute atomic E-state index is 11.7. The lowest BCUT2D eigenvalue weighted by atomic mass is 10.2. The molecule has 0 aliphatic carbocycles. The van der Waals surface area contributed by atoms with E-state index in [1.54, 1.807) is 6.07 Å². The first-order chi connectivity index (χ1) is 7.65. The summed E-state index contributed by atoms with van der Waals surface area (Å²) >= 11 is 4.70. The molecule has 0 unspecified atom stereocenters. The molecule has 0 aliphatic heterocycles. The van der Waals surface area contributed by atoms with Gasteiger partial charge in [0, 0.05) is 19.2 Å². The van der Waals surface area contributed by atoms with Crippen molar-refractivity contribution in [3.05, 3.63) is 24.0 Å². The van der Waals surface area contributed by atoms with Gasteiger partial charge < -0.3 is 15.8 Å². The zero-order valence-corrected chi connectivity index (χ0v) is 9.71. The van der Waals surface area contributed by atoms with Crippen LogP contribution in [0.15, 0.2) is 18.5 Å². The first-order valence-corrected chi connectivity index (χ1v) is 5.10. The van der Waals surface area contributed by atoms with Crippen molar-refractivity contribution in [3.63, 3.8) is 0 Å². The van der Waals surface area contributed by atoms with Gasteiger partial charge in [0.1, 0.15) is 5.75 Å². The van der Waals surface area contributed by atoms with Gasteiger partial charge in [-0.3, -0.25) is 9.78 Å². The second-order valence-electron chi connectivity index (χ2n) is 3.05. The Kier molecular flexibility index (Phi) is 4.65. The van der Waals surface area contributed by atoms with Crippen LogP contribution in [-0.4, -0.2) is 29.5 Å². The molecule has 1 rings (SSSR count). The van der Waals surface area contributed by atoms with Crippen LogP contribution in [0.4, 0.5) is 0 Å². The number of nitrogens with one attached hydrogen (secondary N) is 1. The van der Waals surface area contributed by atoms with Gasteiger partial charge in [0.25, 0.3) is 5.91 Å². The molecule has 86 valence electrons. The summed E-state index contributed by atoms with van der Waals surface area (Å²) < 4.78 is 5.02. The minimum absolute atomic E-state index is 0.226. The highest BCUT2D eigenvalue weighted by Gasteiger charge is 2.10. The Bertz CT molecular complexity index is 395. The largest absolute Gasteiger partial charge is 0.494 e. The van der Waals surface area contributed by atoms with Crippen LogP contribution < -0.4 is 15.8 Å². The highest BCUT2D eigenvalue weighted by Crippen LogP contribution is 2.14. The molecule has 3 N–H and O–H groups in total. The molecule has 1 heterocycles. The van der Waals surface area contributed by atoms with E-state index in [-0.39, 0.29) is 5.91 Å². The van der Waals surface area contributed by atoms with Crippen LogP contribution in [0.2, 0.25) is 0 Å². The Labute approximate surface area is 99.0 Å². The number of thiocarbonyl (C=S) groups is 1. The second-order valence-corrected chi connectivity index (χ2v) is 3.57. The Balaban J connectivity index is 2.62. The maximum atomic E-state index is 11.7. The summed E-state index contributed by atoms with van der Waals surface area (Å²) in [5.41, 5.74) is 5.76. The average molecular weight is 239 g/mol. The summed E-state index contributed by atoms with van der Waals surface area (Å²) in [4.78, 5) is 15.9. The number of ether oxygens (including phenoxy) is 1. The van der Waals surface area contributed by atoms with E-state index in [2.05, 4.69) is 10.3 Å². The number of methoxy groups -OCH3 is 1. The van der Waals surface area contributed by atoms with Crippen LogP contribution in [0.5, 0.6) is 5.75 Å². The Morgan fingerprint density at radius 3 is 3.06 bits per heavy atom. The zero-order chi connectivity index (χ0) is 12.0. The second kappa shape index (κ2) is 6.02. The van der Waals surface area contributed by atoms with Crippen molar-refractivity contribution in [1.82, 2.24) is 10.3 Å². The first kappa shape index (κ1) is 12.4. The number of nitrogens with zero attached hydrogens (tertiary/aromatic N) is 1. The van der Waals surface area contributed by atoms with Crippen LogP contribution in [0, 0.1) is 0 Å². The minimum atomic E-state index is -0.226. The van der Waals surface area contributed by atoms with E-state index >= 15 is 0 Å². The molecule has 6 heteroatoms. The number of pyridine rings is 1. The summed E-state index contributed by atoms with van der Waals surface area (Å²) in [5.74, 6) is 0.214. The molecule has 1 amide bonds. The first-order valence-electron chi connectivity index (χ1n) is 4.69. The summed E-state index contributed by atoms with van der Waals surface area (Å²) in [5, 5.41) is 2.69. The van der Waals surface area contributed by atoms with Crippen molar-refractivity contribution >= 4 is 23.1 Å². The molecule has 0 saturated heterocycles. The molecule has 0 bridgehead atoms. The minimum Gasteiger partial charge on any atom is -0.494 e. The third-order valence-electron chi connectivity index (χ3n) is 1.91. The number of rotatable bonds is 5. The van der Waals surface area contributed by atoms with Gasteiger partial charge in [-0.15, -0.1) is 0 Å². The lowest BCUT2D eigenvalue weighted by Gasteiger charge is -2.07. The Hall–Kier alpha value is -1.69. The van der Waals surface area contributed by atoms with E-state index < -0.39 is 0 Å². The van der Waals surface area contributed by atoms with Gasteiger partial charge in [0.05, 0.1) is 23.9 Å². The number of carbonyl (C=O) groups excluding carboxylic acids is 1. The third-order valence-corrected chi connectivity index (χ3v) is 2.11. The van der Waals surface area contributed by atoms with Gasteiger partial charge in [-0.1, -0.05) is 12.2 Å². The van der Waals surface area contributed by atoms with E-state index in [1.807, 2.05) is 0 Å². The molecule has 1 aromatic heterocycles. The van der Waals surface area contributed by atoms with Gasteiger partial charge >= 0.3 is 0 Å². The van der Waals surface area contributed by atoms with Crippen LogP contribution >= 0.6 is 12.2 Å². The van der Waals surface area contributed by atoms with Gasteiger partial charge in [-0.2, -0.15) is 0 Å². The molecular weight excluding hydrogens is 226 g/mol. The topological polar surface area (TPSA) is 77.2 Å². The molecule has 0 aliphatic rings. The monoisotopic (exact) mass is 239 g/mol.